The fraction of sp³-hybridized carbons (Fsp3) is 0.391. The van der Waals surface area contributed by atoms with Gasteiger partial charge in [0.15, 0.2) is 0 Å². The number of ether oxygens (including phenoxy) is 1. The molecule has 1 heterocycles. The number of anilines is 1. The molecule has 7 heteroatoms. The lowest BCUT2D eigenvalue weighted by Crippen LogP contribution is -2.37. The summed E-state index contributed by atoms with van der Waals surface area (Å²) in [6, 6.07) is 15.8. The highest BCUT2D eigenvalue weighted by Crippen LogP contribution is 2.34. The van der Waals surface area contributed by atoms with Gasteiger partial charge in [-0.15, -0.1) is 11.8 Å². The Hall–Kier alpha value is -2.51. The van der Waals surface area contributed by atoms with Crippen molar-refractivity contribution in [2.75, 3.05) is 44.9 Å². The van der Waals surface area contributed by atoms with E-state index in [4.69, 9.17) is 4.74 Å². The number of nitrogens with one attached hydrogen (secondary N) is 1. The Labute approximate surface area is 182 Å². The van der Waals surface area contributed by atoms with Gasteiger partial charge in [0.2, 0.25) is 11.8 Å². The average molecular weight is 428 g/mol. The van der Waals surface area contributed by atoms with Crippen molar-refractivity contribution in [1.29, 1.82) is 0 Å². The van der Waals surface area contributed by atoms with Gasteiger partial charge >= 0.3 is 0 Å². The molecule has 0 aliphatic carbocycles. The molecule has 0 spiro atoms. The van der Waals surface area contributed by atoms with E-state index in [1.54, 1.807) is 23.8 Å². The number of hydrogen-bond acceptors (Lipinski definition) is 5. The first-order valence-corrected chi connectivity index (χ1v) is 11.1. The molecule has 0 saturated heterocycles. The van der Waals surface area contributed by atoms with Gasteiger partial charge in [-0.1, -0.05) is 24.3 Å². The number of carbonyl (C=O) groups is 2. The highest BCUT2D eigenvalue weighted by atomic mass is 32.2. The first kappa shape index (κ1) is 22.2. The molecule has 2 amide bonds. The number of thioether (sulfide) groups is 1. The van der Waals surface area contributed by atoms with Crippen LogP contribution >= 0.6 is 11.8 Å². The summed E-state index contributed by atoms with van der Waals surface area (Å²) in [6.45, 7) is 1.16. The molecule has 6 nitrogen and oxygen atoms in total. The van der Waals surface area contributed by atoms with Crippen LogP contribution in [0.25, 0.3) is 0 Å². The zero-order valence-corrected chi connectivity index (χ0v) is 18.6. The molecule has 0 radical (unpaired) electrons. The van der Waals surface area contributed by atoms with Crippen molar-refractivity contribution in [1.82, 2.24) is 10.2 Å². The zero-order valence-electron chi connectivity index (χ0n) is 17.8. The third kappa shape index (κ3) is 5.55. The van der Waals surface area contributed by atoms with E-state index >= 15 is 0 Å². The van der Waals surface area contributed by atoms with Gasteiger partial charge in [0, 0.05) is 36.6 Å². The van der Waals surface area contributed by atoms with Crippen molar-refractivity contribution in [3.8, 4) is 5.75 Å². The number of fused-ring (bicyclic) bond motifs is 1. The first-order chi connectivity index (χ1) is 14.5. The van der Waals surface area contributed by atoms with Crippen molar-refractivity contribution >= 4 is 29.3 Å². The summed E-state index contributed by atoms with van der Waals surface area (Å²) in [6.07, 6.45) is 0.396. The Balaban J connectivity index is 1.52. The number of hydrogen-bond donors (Lipinski definition) is 1. The van der Waals surface area contributed by atoms with Crippen LogP contribution < -0.4 is 15.0 Å². The Morgan fingerprint density at radius 1 is 1.13 bits per heavy atom. The summed E-state index contributed by atoms with van der Waals surface area (Å²) in [7, 11) is 5.61. The van der Waals surface area contributed by atoms with Crippen LogP contribution in [-0.2, 0) is 9.59 Å². The Bertz CT molecular complexity index is 870. The fourth-order valence-corrected chi connectivity index (χ4v) is 4.50. The number of carbonyl (C=O) groups excluding carboxylic acids is 2. The summed E-state index contributed by atoms with van der Waals surface area (Å²) >= 11 is 1.76. The normalized spacial score (nSPS) is 14.2. The lowest BCUT2D eigenvalue weighted by molar-refractivity contribution is -0.125. The van der Waals surface area contributed by atoms with Crippen LogP contribution in [0.5, 0.6) is 5.75 Å². The topological polar surface area (TPSA) is 61.9 Å². The minimum atomic E-state index is -0.108. The number of likely N-dealkylation sites (N-methyl/N-ethyl adjacent to an activating group) is 1. The molecule has 30 heavy (non-hydrogen) atoms. The van der Waals surface area contributed by atoms with E-state index in [2.05, 4.69) is 10.2 Å². The maximum Gasteiger partial charge on any atom is 0.227 e. The van der Waals surface area contributed by atoms with Gasteiger partial charge in [0.25, 0.3) is 0 Å². The standard InChI is InChI=1S/C23H29N3O3S/c1-25(2)20(17-8-10-18(29-3)11-9-17)16-24-22(27)12-13-23(28)26-14-15-30-21-7-5-4-6-19(21)26/h4-11,20H,12-16H2,1-3H3,(H,24,27). The summed E-state index contributed by atoms with van der Waals surface area (Å²) in [5.41, 5.74) is 2.05. The van der Waals surface area contributed by atoms with Gasteiger partial charge in [0.05, 0.1) is 18.8 Å². The largest absolute Gasteiger partial charge is 0.497 e. The molecule has 2 aromatic rings. The molecule has 1 aliphatic heterocycles. The predicted octanol–water partition coefficient (Wildman–Crippen LogP) is 3.33. The molecule has 2 aromatic carbocycles. The van der Waals surface area contributed by atoms with Crippen LogP contribution in [0.4, 0.5) is 5.69 Å². The quantitative estimate of drug-likeness (QED) is 0.700. The van der Waals surface area contributed by atoms with Crippen molar-refractivity contribution in [3.63, 3.8) is 0 Å². The van der Waals surface area contributed by atoms with Crippen molar-refractivity contribution < 1.29 is 14.3 Å². The first-order valence-electron chi connectivity index (χ1n) is 10.1. The smallest absolute Gasteiger partial charge is 0.227 e. The molecular weight excluding hydrogens is 398 g/mol. The van der Waals surface area contributed by atoms with E-state index in [1.807, 2.05) is 62.6 Å². The molecule has 1 atom stereocenters. The van der Waals surface area contributed by atoms with E-state index in [9.17, 15) is 9.59 Å². The highest BCUT2D eigenvalue weighted by Gasteiger charge is 2.23. The number of rotatable bonds is 8. The molecule has 0 bridgehead atoms. The van der Waals surface area contributed by atoms with Crippen LogP contribution in [0, 0.1) is 0 Å². The second kappa shape index (κ2) is 10.5. The second-order valence-corrected chi connectivity index (χ2v) is 8.55. The molecule has 1 unspecified atom stereocenters. The van der Waals surface area contributed by atoms with Gasteiger partial charge in [-0.25, -0.2) is 0 Å². The van der Waals surface area contributed by atoms with E-state index in [-0.39, 0.29) is 30.7 Å². The minimum absolute atomic E-state index is 0.00258. The van der Waals surface area contributed by atoms with E-state index in [0.29, 0.717) is 13.1 Å². The average Bonchev–Trinajstić information content (AvgIpc) is 2.77. The van der Waals surface area contributed by atoms with Crippen LogP contribution in [0.3, 0.4) is 0 Å². The van der Waals surface area contributed by atoms with Gasteiger partial charge in [-0.2, -0.15) is 0 Å². The molecule has 3 rings (SSSR count). The minimum Gasteiger partial charge on any atom is -0.497 e. The number of para-hydroxylation sites is 1. The maximum absolute atomic E-state index is 12.7. The summed E-state index contributed by atoms with van der Waals surface area (Å²) in [5, 5.41) is 2.98. The number of nitrogens with zero attached hydrogens (tertiary/aromatic N) is 2. The monoisotopic (exact) mass is 427 g/mol. The van der Waals surface area contributed by atoms with E-state index in [0.717, 1.165) is 27.6 Å². The highest BCUT2D eigenvalue weighted by molar-refractivity contribution is 7.99. The molecule has 0 fully saturated rings. The molecule has 0 aromatic heterocycles. The lowest BCUT2D eigenvalue weighted by Gasteiger charge is -2.29. The van der Waals surface area contributed by atoms with Crippen LogP contribution in [-0.4, -0.2) is 56.8 Å². The summed E-state index contributed by atoms with van der Waals surface area (Å²) < 4.78 is 5.21. The second-order valence-electron chi connectivity index (χ2n) is 7.42. The third-order valence-corrected chi connectivity index (χ3v) is 6.25. The van der Waals surface area contributed by atoms with Crippen LogP contribution in [0.1, 0.15) is 24.4 Å². The molecule has 160 valence electrons. The number of amides is 2. The van der Waals surface area contributed by atoms with E-state index < -0.39 is 0 Å². The maximum atomic E-state index is 12.7. The van der Waals surface area contributed by atoms with Crippen LogP contribution in [0.2, 0.25) is 0 Å². The van der Waals surface area contributed by atoms with Gasteiger partial charge in [-0.3, -0.25) is 9.59 Å². The summed E-state index contributed by atoms with van der Waals surface area (Å²) in [4.78, 5) is 30.1. The van der Waals surface area contributed by atoms with Crippen LogP contribution in [0.15, 0.2) is 53.4 Å². The Morgan fingerprint density at radius 2 is 1.87 bits per heavy atom. The SMILES string of the molecule is COc1ccc(C(CNC(=O)CCC(=O)N2CCSc3ccccc32)N(C)C)cc1. The van der Waals surface area contributed by atoms with Crippen molar-refractivity contribution in [3.05, 3.63) is 54.1 Å². The van der Waals surface area contributed by atoms with E-state index in [1.165, 1.54) is 0 Å². The molecule has 1 aliphatic rings. The van der Waals surface area contributed by atoms with Gasteiger partial charge < -0.3 is 19.9 Å². The molecular formula is C23H29N3O3S. The Morgan fingerprint density at radius 3 is 2.57 bits per heavy atom. The molecule has 0 saturated carbocycles. The zero-order chi connectivity index (χ0) is 21.5. The number of methoxy groups -OCH3 is 1. The van der Waals surface area contributed by atoms with Gasteiger partial charge in [0.1, 0.15) is 5.75 Å². The van der Waals surface area contributed by atoms with Crippen molar-refractivity contribution in [2.24, 2.45) is 0 Å². The summed E-state index contributed by atoms with van der Waals surface area (Å²) in [5.74, 6) is 1.57. The lowest BCUT2D eigenvalue weighted by atomic mass is 10.1. The Kier molecular flexibility index (Phi) is 7.76. The molecule has 1 N–H and O–H groups in total. The number of benzene rings is 2. The predicted molar refractivity (Wildman–Crippen MR) is 121 cm³/mol. The third-order valence-electron chi connectivity index (χ3n) is 5.21. The fourth-order valence-electron chi connectivity index (χ4n) is 3.51. The van der Waals surface area contributed by atoms with Gasteiger partial charge in [-0.05, 0) is 43.9 Å². The van der Waals surface area contributed by atoms with Crippen molar-refractivity contribution in [2.45, 2.75) is 23.8 Å².